The summed E-state index contributed by atoms with van der Waals surface area (Å²) in [5.41, 5.74) is 0.0373. The fourth-order valence-corrected chi connectivity index (χ4v) is 6.88. The normalized spacial score (nSPS) is 12.8. The van der Waals surface area contributed by atoms with Crippen LogP contribution in [0, 0.1) is 5.92 Å². The first-order chi connectivity index (χ1) is 20.6. The molecule has 0 spiro atoms. The van der Waals surface area contributed by atoms with E-state index in [2.05, 4.69) is 27.7 Å². The van der Waals surface area contributed by atoms with Gasteiger partial charge in [0, 0.05) is 7.11 Å². The molecule has 0 saturated carbocycles. The summed E-state index contributed by atoms with van der Waals surface area (Å²) in [5.74, 6) is 0.725. The number of rotatable bonds is 36. The topological polar surface area (TPSA) is 9.23 Å². The predicted molar refractivity (Wildman–Crippen MR) is 193 cm³/mol. The molecule has 0 aromatic rings. The van der Waals surface area contributed by atoms with Crippen LogP contribution in [0.1, 0.15) is 246 Å². The highest BCUT2D eigenvalue weighted by Gasteiger charge is 2.28. The van der Waals surface area contributed by atoms with Gasteiger partial charge in [-0.1, -0.05) is 219 Å². The zero-order valence-corrected chi connectivity index (χ0v) is 30.5. The number of ether oxygens (including phenoxy) is 1. The van der Waals surface area contributed by atoms with Crippen LogP contribution in [0.15, 0.2) is 0 Å². The molecule has 42 heavy (non-hydrogen) atoms. The Kier molecular flexibility index (Phi) is 33.8. The molecular weight excluding hydrogens is 508 g/mol. The highest BCUT2D eigenvalue weighted by molar-refractivity contribution is 4.79. The molecule has 0 aliphatic rings. The summed E-state index contributed by atoms with van der Waals surface area (Å²) in [6.07, 6.45) is 49.3. The molecule has 1 heteroatoms. The minimum atomic E-state index is 0.0373. The molecule has 0 aliphatic heterocycles. The Morgan fingerprint density at radius 1 is 0.333 bits per heavy atom. The molecular formula is C41H84O. The van der Waals surface area contributed by atoms with E-state index in [0.717, 1.165) is 5.92 Å². The third-order valence-corrected chi connectivity index (χ3v) is 10.3. The van der Waals surface area contributed by atoms with Crippen molar-refractivity contribution in [3.8, 4) is 0 Å². The van der Waals surface area contributed by atoms with Crippen molar-refractivity contribution in [1.29, 1.82) is 0 Å². The second kappa shape index (κ2) is 33.8. The molecule has 0 bridgehead atoms. The second-order valence-corrected chi connectivity index (χ2v) is 14.7. The van der Waals surface area contributed by atoms with Gasteiger partial charge in [-0.25, -0.2) is 0 Å². The number of methoxy groups -OCH3 is 1. The molecule has 0 aromatic carbocycles. The standard InChI is InChI=1S/C41H84O/c1-6-8-10-12-14-15-16-17-18-19-20-21-22-23-24-25-26-27-28-29-30-31-32-33-35-37-39-40(41(3,4)42-5)38-36-34-13-11-9-7-2/h40H,6-39H2,1-5H3. The molecule has 1 unspecified atom stereocenters. The molecule has 0 amide bonds. The van der Waals surface area contributed by atoms with Gasteiger partial charge in [-0.15, -0.1) is 0 Å². The molecule has 254 valence electrons. The quantitative estimate of drug-likeness (QED) is 0.0657. The summed E-state index contributed by atoms with van der Waals surface area (Å²) in [6.45, 7) is 9.24. The van der Waals surface area contributed by atoms with Crippen molar-refractivity contribution in [3.63, 3.8) is 0 Å². The average Bonchev–Trinajstić information content (AvgIpc) is 2.99. The van der Waals surface area contributed by atoms with Crippen LogP contribution in [0.2, 0.25) is 0 Å². The van der Waals surface area contributed by atoms with E-state index < -0.39 is 0 Å². The van der Waals surface area contributed by atoms with Gasteiger partial charge in [-0.05, 0) is 32.6 Å². The highest BCUT2D eigenvalue weighted by Crippen LogP contribution is 2.31. The van der Waals surface area contributed by atoms with Gasteiger partial charge in [-0.3, -0.25) is 0 Å². The molecule has 0 rings (SSSR count). The Balaban J connectivity index is 3.38. The van der Waals surface area contributed by atoms with Crippen LogP contribution in [0.25, 0.3) is 0 Å². The number of hydrogen-bond donors (Lipinski definition) is 0. The minimum Gasteiger partial charge on any atom is -0.379 e. The first-order valence-electron chi connectivity index (χ1n) is 20.1. The Morgan fingerprint density at radius 2 is 0.524 bits per heavy atom. The molecule has 1 nitrogen and oxygen atoms in total. The SMILES string of the molecule is CCCCCCCCCCCCCCCCCCCCCCCCCCCCC(CCCCCCCC)C(C)(C)OC. The first-order valence-corrected chi connectivity index (χ1v) is 20.1. The van der Waals surface area contributed by atoms with Crippen LogP contribution in [0.5, 0.6) is 0 Å². The molecule has 0 radical (unpaired) electrons. The lowest BCUT2D eigenvalue weighted by atomic mass is 9.82. The highest BCUT2D eigenvalue weighted by atomic mass is 16.5. The van der Waals surface area contributed by atoms with Gasteiger partial charge in [0.1, 0.15) is 0 Å². The van der Waals surface area contributed by atoms with Crippen LogP contribution < -0.4 is 0 Å². The summed E-state index contributed by atoms with van der Waals surface area (Å²) in [4.78, 5) is 0. The average molecular weight is 593 g/mol. The van der Waals surface area contributed by atoms with Crippen LogP contribution in [-0.2, 0) is 4.74 Å². The van der Waals surface area contributed by atoms with E-state index in [4.69, 9.17) is 4.74 Å². The fraction of sp³-hybridized carbons (Fsp3) is 1.00. The predicted octanol–water partition coefficient (Wildman–Crippen LogP) is 15.3. The van der Waals surface area contributed by atoms with Gasteiger partial charge < -0.3 is 4.74 Å². The summed E-state index contributed by atoms with van der Waals surface area (Å²) in [7, 11) is 1.91. The molecule has 0 fully saturated rings. The second-order valence-electron chi connectivity index (χ2n) is 14.7. The molecule has 0 N–H and O–H groups in total. The Hall–Kier alpha value is -0.0400. The van der Waals surface area contributed by atoms with Crippen molar-refractivity contribution in [3.05, 3.63) is 0 Å². The van der Waals surface area contributed by atoms with Crippen molar-refractivity contribution in [2.45, 2.75) is 252 Å². The van der Waals surface area contributed by atoms with Gasteiger partial charge in [0.05, 0.1) is 5.60 Å². The van der Waals surface area contributed by atoms with Crippen LogP contribution in [-0.4, -0.2) is 12.7 Å². The number of unbranched alkanes of at least 4 members (excludes halogenated alkanes) is 30. The summed E-state index contributed by atoms with van der Waals surface area (Å²) in [6, 6.07) is 0. The van der Waals surface area contributed by atoms with Gasteiger partial charge >= 0.3 is 0 Å². The lowest BCUT2D eigenvalue weighted by Crippen LogP contribution is -2.33. The van der Waals surface area contributed by atoms with E-state index in [1.165, 1.54) is 218 Å². The smallest absolute Gasteiger partial charge is 0.0650 e. The van der Waals surface area contributed by atoms with Gasteiger partial charge in [-0.2, -0.15) is 0 Å². The van der Waals surface area contributed by atoms with Crippen molar-refractivity contribution in [2.75, 3.05) is 7.11 Å². The fourth-order valence-electron chi connectivity index (χ4n) is 6.88. The maximum absolute atomic E-state index is 5.90. The van der Waals surface area contributed by atoms with E-state index in [1.54, 1.807) is 0 Å². The molecule has 0 heterocycles. The van der Waals surface area contributed by atoms with Crippen LogP contribution >= 0.6 is 0 Å². The van der Waals surface area contributed by atoms with Gasteiger partial charge in [0.2, 0.25) is 0 Å². The third-order valence-electron chi connectivity index (χ3n) is 10.3. The largest absolute Gasteiger partial charge is 0.379 e. The van der Waals surface area contributed by atoms with Crippen LogP contribution in [0.3, 0.4) is 0 Å². The zero-order valence-electron chi connectivity index (χ0n) is 30.5. The van der Waals surface area contributed by atoms with Crippen molar-refractivity contribution in [1.82, 2.24) is 0 Å². The Bertz CT molecular complexity index is 483. The molecule has 0 aliphatic carbocycles. The molecule has 0 saturated heterocycles. The van der Waals surface area contributed by atoms with E-state index in [9.17, 15) is 0 Å². The summed E-state index contributed by atoms with van der Waals surface area (Å²) >= 11 is 0. The Labute approximate surface area is 268 Å². The van der Waals surface area contributed by atoms with Gasteiger partial charge in [0.25, 0.3) is 0 Å². The van der Waals surface area contributed by atoms with Crippen molar-refractivity contribution >= 4 is 0 Å². The molecule has 1 atom stereocenters. The van der Waals surface area contributed by atoms with E-state index in [0.29, 0.717) is 0 Å². The maximum Gasteiger partial charge on any atom is 0.0650 e. The van der Waals surface area contributed by atoms with Crippen LogP contribution in [0.4, 0.5) is 0 Å². The first kappa shape index (κ1) is 42.0. The lowest BCUT2D eigenvalue weighted by molar-refractivity contribution is -0.0352. The minimum absolute atomic E-state index is 0.0373. The van der Waals surface area contributed by atoms with E-state index in [1.807, 2.05) is 7.11 Å². The maximum atomic E-state index is 5.90. The van der Waals surface area contributed by atoms with Gasteiger partial charge in [0.15, 0.2) is 0 Å². The Morgan fingerprint density at radius 3 is 0.714 bits per heavy atom. The lowest BCUT2D eigenvalue weighted by Gasteiger charge is -2.33. The monoisotopic (exact) mass is 593 g/mol. The van der Waals surface area contributed by atoms with Crippen molar-refractivity contribution in [2.24, 2.45) is 5.92 Å². The summed E-state index contributed by atoms with van der Waals surface area (Å²) in [5, 5.41) is 0. The zero-order chi connectivity index (χ0) is 30.8. The van der Waals surface area contributed by atoms with E-state index in [-0.39, 0.29) is 5.60 Å². The number of hydrogen-bond acceptors (Lipinski definition) is 1. The van der Waals surface area contributed by atoms with Crippen molar-refractivity contribution < 1.29 is 4.74 Å². The summed E-state index contributed by atoms with van der Waals surface area (Å²) < 4.78 is 5.90. The van der Waals surface area contributed by atoms with E-state index >= 15 is 0 Å². The molecule has 0 aromatic heterocycles. The third kappa shape index (κ3) is 30.0.